The van der Waals surface area contributed by atoms with Gasteiger partial charge in [0.1, 0.15) is 0 Å². The Kier molecular flexibility index (Phi) is 4.36. The van der Waals surface area contributed by atoms with Crippen LogP contribution in [0.15, 0.2) is 46.7 Å². The molecule has 0 spiro atoms. The van der Waals surface area contributed by atoms with Crippen molar-refractivity contribution in [1.29, 1.82) is 0 Å². The molecule has 0 saturated heterocycles. The van der Waals surface area contributed by atoms with Crippen LogP contribution < -0.4 is 5.73 Å². The van der Waals surface area contributed by atoms with Crippen LogP contribution in [0.5, 0.6) is 0 Å². The fourth-order valence-electron chi connectivity index (χ4n) is 1.39. The summed E-state index contributed by atoms with van der Waals surface area (Å²) < 4.78 is 0. The van der Waals surface area contributed by atoms with Crippen molar-refractivity contribution in [3.8, 4) is 0 Å². The highest BCUT2D eigenvalue weighted by Crippen LogP contribution is 2.28. The topological polar surface area (TPSA) is 51.8 Å². The van der Waals surface area contributed by atoms with Crippen LogP contribution in [0.25, 0.3) is 0 Å². The lowest BCUT2D eigenvalue weighted by atomic mass is 10.1. The predicted molar refractivity (Wildman–Crippen MR) is 70.4 cm³/mol. The molecule has 0 bridgehead atoms. The van der Waals surface area contributed by atoms with Gasteiger partial charge in [-0.1, -0.05) is 17.7 Å². The van der Waals surface area contributed by atoms with Crippen LogP contribution in [0.1, 0.15) is 5.56 Å². The summed E-state index contributed by atoms with van der Waals surface area (Å²) in [7, 11) is 0. The average Bonchev–Trinajstić information content (AvgIpc) is 2.34. The first-order valence-electron chi connectivity index (χ1n) is 5.23. The van der Waals surface area contributed by atoms with Gasteiger partial charge in [-0.25, -0.2) is 9.97 Å². The fraction of sp³-hybridized carbons (Fsp3) is 0.167. The van der Waals surface area contributed by atoms with E-state index in [1.165, 1.54) is 11.8 Å². The Balaban J connectivity index is 2.15. The summed E-state index contributed by atoms with van der Waals surface area (Å²) in [6, 6.07) is 7.73. The van der Waals surface area contributed by atoms with Gasteiger partial charge in [-0.3, -0.25) is 0 Å². The van der Waals surface area contributed by atoms with E-state index in [1.54, 1.807) is 18.5 Å². The van der Waals surface area contributed by atoms with E-state index >= 15 is 0 Å². The highest BCUT2D eigenvalue weighted by Gasteiger charge is 2.04. The van der Waals surface area contributed by atoms with Gasteiger partial charge in [0, 0.05) is 22.3 Å². The van der Waals surface area contributed by atoms with Gasteiger partial charge in [0.25, 0.3) is 0 Å². The zero-order chi connectivity index (χ0) is 12.1. The van der Waals surface area contributed by atoms with E-state index in [1.807, 2.05) is 18.2 Å². The molecule has 2 aromatic rings. The molecule has 1 heterocycles. The monoisotopic (exact) mass is 265 g/mol. The van der Waals surface area contributed by atoms with Crippen LogP contribution in [0.4, 0.5) is 0 Å². The molecule has 0 aliphatic heterocycles. The number of aromatic nitrogens is 2. The summed E-state index contributed by atoms with van der Waals surface area (Å²) >= 11 is 7.66. The first-order chi connectivity index (χ1) is 8.29. The molecule has 88 valence electrons. The van der Waals surface area contributed by atoms with Crippen molar-refractivity contribution in [2.45, 2.75) is 16.5 Å². The van der Waals surface area contributed by atoms with E-state index in [4.69, 9.17) is 17.3 Å². The molecule has 1 aromatic heterocycles. The first-order valence-corrected chi connectivity index (χ1v) is 6.42. The molecule has 5 heteroatoms. The molecule has 0 aliphatic rings. The molecular weight excluding hydrogens is 254 g/mol. The summed E-state index contributed by atoms with van der Waals surface area (Å²) in [6.45, 7) is 0.605. The number of rotatable bonds is 4. The number of halogens is 1. The maximum Gasteiger partial charge on any atom is 0.192 e. The average molecular weight is 266 g/mol. The van der Waals surface area contributed by atoms with Crippen LogP contribution in [0.2, 0.25) is 5.02 Å². The van der Waals surface area contributed by atoms with Gasteiger partial charge in [-0.05, 0) is 48.5 Å². The second-order valence-corrected chi connectivity index (χ2v) is 4.87. The van der Waals surface area contributed by atoms with Crippen molar-refractivity contribution in [2.24, 2.45) is 5.73 Å². The molecule has 0 unspecified atom stereocenters. The molecule has 1 aromatic carbocycles. The van der Waals surface area contributed by atoms with Gasteiger partial charge in [0.2, 0.25) is 0 Å². The van der Waals surface area contributed by atoms with Crippen molar-refractivity contribution in [1.82, 2.24) is 9.97 Å². The van der Waals surface area contributed by atoms with Crippen molar-refractivity contribution >= 4 is 23.4 Å². The minimum Gasteiger partial charge on any atom is -0.330 e. The minimum absolute atomic E-state index is 0.605. The van der Waals surface area contributed by atoms with E-state index in [2.05, 4.69) is 9.97 Å². The first kappa shape index (κ1) is 12.4. The zero-order valence-corrected chi connectivity index (χ0v) is 10.7. The quantitative estimate of drug-likeness (QED) is 0.864. The van der Waals surface area contributed by atoms with E-state index in [0.717, 1.165) is 27.1 Å². The number of hydrogen-bond acceptors (Lipinski definition) is 4. The lowest BCUT2D eigenvalue weighted by molar-refractivity contribution is 0.961. The van der Waals surface area contributed by atoms with Gasteiger partial charge in [-0.2, -0.15) is 0 Å². The van der Waals surface area contributed by atoms with Crippen molar-refractivity contribution in [3.05, 3.63) is 47.2 Å². The molecule has 3 nitrogen and oxygen atoms in total. The van der Waals surface area contributed by atoms with Gasteiger partial charge in [0.15, 0.2) is 5.16 Å². The Hall–Kier alpha value is -1.10. The van der Waals surface area contributed by atoms with E-state index in [-0.39, 0.29) is 0 Å². The lowest BCUT2D eigenvalue weighted by Crippen LogP contribution is -2.03. The number of benzene rings is 1. The highest BCUT2D eigenvalue weighted by atomic mass is 35.5. The van der Waals surface area contributed by atoms with E-state index < -0.39 is 0 Å². The third-order valence-electron chi connectivity index (χ3n) is 2.19. The Bertz CT molecular complexity index is 490. The van der Waals surface area contributed by atoms with Crippen LogP contribution >= 0.6 is 23.4 Å². The highest BCUT2D eigenvalue weighted by molar-refractivity contribution is 7.99. The Morgan fingerprint density at radius 2 is 2.00 bits per heavy atom. The summed E-state index contributed by atoms with van der Waals surface area (Å²) in [6.07, 6.45) is 4.24. The van der Waals surface area contributed by atoms with Crippen LogP contribution in [-0.4, -0.2) is 16.5 Å². The zero-order valence-electron chi connectivity index (χ0n) is 9.14. The third kappa shape index (κ3) is 3.43. The van der Waals surface area contributed by atoms with Gasteiger partial charge in [-0.15, -0.1) is 0 Å². The normalized spacial score (nSPS) is 10.5. The van der Waals surface area contributed by atoms with Gasteiger partial charge in [0.05, 0.1) is 0 Å². The third-order valence-corrected chi connectivity index (χ3v) is 3.42. The van der Waals surface area contributed by atoms with Gasteiger partial charge >= 0.3 is 0 Å². The maximum absolute atomic E-state index is 6.16. The van der Waals surface area contributed by atoms with Crippen LogP contribution in [-0.2, 0) is 6.42 Å². The lowest BCUT2D eigenvalue weighted by Gasteiger charge is -2.05. The molecular formula is C12H12ClN3S. The van der Waals surface area contributed by atoms with Crippen molar-refractivity contribution in [3.63, 3.8) is 0 Å². The predicted octanol–water partition coefficient (Wildman–Crippen LogP) is 2.78. The molecule has 0 radical (unpaired) electrons. The second-order valence-electron chi connectivity index (χ2n) is 3.43. The molecule has 17 heavy (non-hydrogen) atoms. The molecule has 0 atom stereocenters. The van der Waals surface area contributed by atoms with E-state index in [0.29, 0.717) is 6.54 Å². The summed E-state index contributed by atoms with van der Waals surface area (Å²) in [5.41, 5.74) is 6.58. The van der Waals surface area contributed by atoms with Crippen LogP contribution in [0.3, 0.4) is 0 Å². The SMILES string of the molecule is NCCc1ccc(Sc2ncccn2)cc1Cl. The number of hydrogen-bond donors (Lipinski definition) is 1. The van der Waals surface area contributed by atoms with E-state index in [9.17, 15) is 0 Å². The van der Waals surface area contributed by atoms with Crippen LogP contribution in [0, 0.1) is 0 Å². The Morgan fingerprint density at radius 3 is 2.65 bits per heavy atom. The van der Waals surface area contributed by atoms with Crippen molar-refractivity contribution in [2.75, 3.05) is 6.54 Å². The smallest absolute Gasteiger partial charge is 0.192 e. The standard InChI is InChI=1S/C12H12ClN3S/c13-11-8-10(3-2-9(11)4-5-14)17-12-15-6-1-7-16-12/h1-3,6-8H,4-5,14H2. The summed E-state index contributed by atoms with van der Waals surface area (Å²) in [4.78, 5) is 9.33. The molecule has 2 rings (SSSR count). The molecule has 0 amide bonds. The molecule has 0 saturated carbocycles. The number of nitrogens with two attached hydrogens (primary N) is 1. The van der Waals surface area contributed by atoms with Gasteiger partial charge < -0.3 is 5.73 Å². The summed E-state index contributed by atoms with van der Waals surface area (Å²) in [5.74, 6) is 0. The Labute approximate surface area is 109 Å². The summed E-state index contributed by atoms with van der Waals surface area (Å²) in [5, 5.41) is 1.46. The largest absolute Gasteiger partial charge is 0.330 e. The van der Waals surface area contributed by atoms with Crippen molar-refractivity contribution < 1.29 is 0 Å². The molecule has 2 N–H and O–H groups in total. The molecule has 0 fully saturated rings. The minimum atomic E-state index is 0.605. The molecule has 0 aliphatic carbocycles. The fourth-order valence-corrected chi connectivity index (χ4v) is 2.48. The second kappa shape index (κ2) is 6.00. The Morgan fingerprint density at radius 1 is 1.24 bits per heavy atom. The number of nitrogens with zero attached hydrogens (tertiary/aromatic N) is 2. The maximum atomic E-state index is 6.16.